The minimum atomic E-state index is -0.804. The lowest BCUT2D eigenvalue weighted by Gasteiger charge is -2.08. The molecule has 0 aliphatic heterocycles. The number of Topliss-reactive ketones (excluding diaryl/α,β-unsaturated/α-hetero) is 1. The largest absolute Gasteiger partial charge is 0.481 e. The summed E-state index contributed by atoms with van der Waals surface area (Å²) in [5, 5.41) is 11.6. The zero-order valence-corrected chi connectivity index (χ0v) is 16.5. The highest BCUT2D eigenvalue weighted by atomic mass is 32.2. The number of ketones is 1. The fourth-order valence-corrected chi connectivity index (χ4v) is 3.86. The van der Waals surface area contributed by atoms with Crippen LogP contribution in [0, 0.1) is 6.92 Å². The van der Waals surface area contributed by atoms with Crippen LogP contribution in [0.25, 0.3) is 0 Å². The van der Waals surface area contributed by atoms with E-state index in [4.69, 9.17) is 5.11 Å². The first-order valence-corrected chi connectivity index (χ1v) is 9.91. The van der Waals surface area contributed by atoms with Gasteiger partial charge in [-0.3, -0.25) is 14.4 Å². The molecule has 3 N–H and O–H groups in total. The number of amides is 1. The highest BCUT2D eigenvalue weighted by molar-refractivity contribution is 7.98. The van der Waals surface area contributed by atoms with E-state index in [0.29, 0.717) is 40.6 Å². The lowest BCUT2D eigenvalue weighted by atomic mass is 10.0. The molecule has 0 unspecified atom stereocenters. The van der Waals surface area contributed by atoms with Crippen LogP contribution in [-0.2, 0) is 17.0 Å². The molecule has 2 rings (SSSR count). The quantitative estimate of drug-likeness (QED) is 0.445. The van der Waals surface area contributed by atoms with Crippen LogP contribution in [0.2, 0.25) is 0 Å². The zero-order valence-electron chi connectivity index (χ0n) is 15.7. The van der Waals surface area contributed by atoms with E-state index in [2.05, 4.69) is 10.3 Å². The molecule has 6 nitrogen and oxygen atoms in total. The summed E-state index contributed by atoms with van der Waals surface area (Å²) in [7, 11) is 0. The van der Waals surface area contributed by atoms with Crippen LogP contribution >= 0.6 is 11.8 Å². The van der Waals surface area contributed by atoms with Crippen molar-refractivity contribution in [1.82, 2.24) is 4.98 Å². The zero-order chi connectivity index (χ0) is 20.0. The van der Waals surface area contributed by atoms with Gasteiger partial charge in [0.15, 0.2) is 5.78 Å². The third-order valence-electron chi connectivity index (χ3n) is 4.14. The van der Waals surface area contributed by atoms with Crippen molar-refractivity contribution in [3.8, 4) is 0 Å². The normalized spacial score (nSPS) is 10.6. The Kier molecular flexibility index (Phi) is 7.24. The van der Waals surface area contributed by atoms with Crippen molar-refractivity contribution in [2.75, 3.05) is 11.1 Å². The lowest BCUT2D eigenvalue weighted by Crippen LogP contribution is -2.15. The molecule has 0 radical (unpaired) electrons. The minimum absolute atomic E-state index is 0.0555. The minimum Gasteiger partial charge on any atom is -0.481 e. The summed E-state index contributed by atoms with van der Waals surface area (Å²) < 4.78 is 0. The molecule has 1 amide bonds. The molecular formula is C20H24N2O4S. The van der Waals surface area contributed by atoms with Crippen LogP contribution in [-0.4, -0.2) is 33.5 Å². The Morgan fingerprint density at radius 1 is 1.26 bits per heavy atom. The number of hydrogen-bond acceptors (Lipinski definition) is 4. The summed E-state index contributed by atoms with van der Waals surface area (Å²) >= 11 is 1.54. The Balaban J connectivity index is 2.10. The van der Waals surface area contributed by atoms with Gasteiger partial charge in [-0.15, -0.1) is 0 Å². The fourth-order valence-electron chi connectivity index (χ4n) is 2.98. The van der Waals surface area contributed by atoms with Gasteiger partial charge in [0.2, 0.25) is 0 Å². The van der Waals surface area contributed by atoms with E-state index in [1.807, 2.05) is 25.1 Å². The van der Waals surface area contributed by atoms with Crippen molar-refractivity contribution in [3.63, 3.8) is 0 Å². The van der Waals surface area contributed by atoms with Gasteiger partial charge in [-0.25, -0.2) is 0 Å². The lowest BCUT2D eigenvalue weighted by molar-refractivity contribution is -0.136. The maximum Gasteiger partial charge on any atom is 0.304 e. The van der Waals surface area contributed by atoms with E-state index < -0.39 is 5.97 Å². The number of nitrogens with one attached hydrogen (secondary N) is 2. The Labute approximate surface area is 162 Å². The van der Waals surface area contributed by atoms with Crippen molar-refractivity contribution >= 4 is 35.1 Å². The molecule has 0 aliphatic carbocycles. The van der Waals surface area contributed by atoms with Gasteiger partial charge in [0.1, 0.15) is 5.69 Å². The van der Waals surface area contributed by atoms with E-state index in [-0.39, 0.29) is 18.1 Å². The van der Waals surface area contributed by atoms with Gasteiger partial charge in [-0.2, -0.15) is 11.8 Å². The van der Waals surface area contributed by atoms with Gasteiger partial charge in [-0.05, 0) is 43.5 Å². The molecule has 0 atom stereocenters. The number of benzene rings is 1. The van der Waals surface area contributed by atoms with Crippen molar-refractivity contribution in [3.05, 3.63) is 52.3 Å². The smallest absolute Gasteiger partial charge is 0.304 e. The molecule has 27 heavy (non-hydrogen) atoms. The Morgan fingerprint density at radius 3 is 2.63 bits per heavy atom. The first-order valence-electron chi connectivity index (χ1n) is 8.75. The summed E-state index contributed by atoms with van der Waals surface area (Å²) in [6.45, 7) is 5.21. The molecule has 0 saturated heterocycles. The number of carbonyl (C=O) groups excluding carboxylic acids is 2. The Morgan fingerprint density at radius 2 is 2.00 bits per heavy atom. The number of H-pyrrole nitrogens is 1. The molecular weight excluding hydrogens is 364 g/mol. The van der Waals surface area contributed by atoms with Crippen molar-refractivity contribution in [2.45, 2.75) is 39.4 Å². The summed E-state index contributed by atoms with van der Waals surface area (Å²) in [6, 6.07) is 7.47. The SMILES string of the molecule is CCc1c(C(=O)Nc2cccc(CSCCC(=O)O)c2)[nH]c(C)c1C(C)=O. The first kappa shape index (κ1) is 20.8. The predicted octanol–water partition coefficient (Wildman–Crippen LogP) is 4.05. The van der Waals surface area contributed by atoms with Gasteiger partial charge in [0, 0.05) is 28.5 Å². The van der Waals surface area contributed by atoms with E-state index in [9.17, 15) is 14.4 Å². The first-order chi connectivity index (χ1) is 12.8. The average molecular weight is 388 g/mol. The fraction of sp³-hybridized carbons (Fsp3) is 0.350. The van der Waals surface area contributed by atoms with Gasteiger partial charge in [0.05, 0.1) is 6.42 Å². The highest BCUT2D eigenvalue weighted by Crippen LogP contribution is 2.22. The van der Waals surface area contributed by atoms with E-state index >= 15 is 0 Å². The van der Waals surface area contributed by atoms with Crippen LogP contribution in [0.5, 0.6) is 0 Å². The van der Waals surface area contributed by atoms with Gasteiger partial charge < -0.3 is 15.4 Å². The van der Waals surface area contributed by atoms with Gasteiger partial charge >= 0.3 is 5.97 Å². The third kappa shape index (κ3) is 5.47. The molecule has 2 aromatic rings. The Hall–Kier alpha value is -2.54. The molecule has 1 aromatic heterocycles. The van der Waals surface area contributed by atoms with E-state index in [0.717, 1.165) is 11.1 Å². The average Bonchev–Trinajstić information content (AvgIpc) is 2.95. The molecule has 0 spiro atoms. The summed E-state index contributed by atoms with van der Waals surface area (Å²) in [4.78, 5) is 38.2. The number of aryl methyl sites for hydroxylation is 1. The van der Waals surface area contributed by atoms with E-state index in [1.165, 1.54) is 18.7 Å². The van der Waals surface area contributed by atoms with Gasteiger partial charge in [-0.1, -0.05) is 19.1 Å². The number of carbonyl (C=O) groups is 3. The number of rotatable bonds is 9. The molecule has 0 bridgehead atoms. The molecule has 0 saturated carbocycles. The second kappa shape index (κ2) is 9.41. The van der Waals surface area contributed by atoms with Crippen molar-refractivity contribution in [2.24, 2.45) is 0 Å². The maximum atomic E-state index is 12.7. The number of anilines is 1. The highest BCUT2D eigenvalue weighted by Gasteiger charge is 2.21. The van der Waals surface area contributed by atoms with Crippen LogP contribution in [0.15, 0.2) is 24.3 Å². The third-order valence-corrected chi connectivity index (χ3v) is 5.17. The van der Waals surface area contributed by atoms with Gasteiger partial charge in [0.25, 0.3) is 5.91 Å². The topological polar surface area (TPSA) is 99.3 Å². The van der Waals surface area contributed by atoms with Crippen LogP contribution in [0.1, 0.15) is 57.9 Å². The number of aromatic amines is 1. The molecule has 1 aromatic carbocycles. The standard InChI is InChI=1S/C20H24N2O4S/c1-4-16-18(13(3)23)12(2)21-19(16)20(26)22-15-7-5-6-14(10-15)11-27-9-8-17(24)25/h5-7,10,21H,4,8-9,11H2,1-3H3,(H,22,26)(H,24,25). The van der Waals surface area contributed by atoms with E-state index in [1.54, 1.807) is 13.0 Å². The molecule has 0 aliphatic rings. The molecule has 7 heteroatoms. The monoisotopic (exact) mass is 388 g/mol. The second-order valence-electron chi connectivity index (χ2n) is 6.24. The molecule has 0 fully saturated rings. The predicted molar refractivity (Wildman–Crippen MR) is 108 cm³/mol. The number of aromatic nitrogens is 1. The summed E-state index contributed by atoms with van der Waals surface area (Å²) in [5.74, 6) is 0.0776. The van der Waals surface area contributed by atoms with Crippen molar-refractivity contribution < 1.29 is 19.5 Å². The number of aliphatic carboxylic acids is 1. The Bertz CT molecular complexity index is 858. The van der Waals surface area contributed by atoms with Crippen LogP contribution in [0.4, 0.5) is 5.69 Å². The molecule has 144 valence electrons. The number of thioether (sulfide) groups is 1. The second-order valence-corrected chi connectivity index (χ2v) is 7.34. The van der Waals surface area contributed by atoms with Crippen LogP contribution in [0.3, 0.4) is 0 Å². The number of carboxylic acid groups (broad SMARTS) is 1. The maximum absolute atomic E-state index is 12.7. The summed E-state index contributed by atoms with van der Waals surface area (Å²) in [5.41, 5.74) is 4.11. The number of carboxylic acids is 1. The number of hydrogen-bond donors (Lipinski definition) is 3. The summed E-state index contributed by atoms with van der Waals surface area (Å²) in [6.07, 6.45) is 0.716. The van der Waals surface area contributed by atoms with Crippen LogP contribution < -0.4 is 5.32 Å². The van der Waals surface area contributed by atoms with Crippen molar-refractivity contribution in [1.29, 1.82) is 0 Å². The molecule has 1 heterocycles.